The quantitative estimate of drug-likeness (QED) is 0.768. The van der Waals surface area contributed by atoms with Gasteiger partial charge < -0.3 is 4.90 Å². The van der Waals surface area contributed by atoms with Gasteiger partial charge in [-0.2, -0.15) is 5.10 Å². The van der Waals surface area contributed by atoms with Crippen molar-refractivity contribution in [3.63, 3.8) is 0 Å². The van der Waals surface area contributed by atoms with E-state index in [1.807, 2.05) is 11.7 Å². The first-order chi connectivity index (χ1) is 8.65. The minimum atomic E-state index is 0.727. The van der Waals surface area contributed by atoms with Crippen LogP contribution in [-0.2, 0) is 7.05 Å². The molecule has 1 saturated heterocycles. The summed E-state index contributed by atoms with van der Waals surface area (Å²) in [6.45, 7) is 4.53. The predicted octanol–water partition coefficient (Wildman–Crippen LogP) is 2.69. The molecular weight excluding hydrogens is 222 g/mol. The highest BCUT2D eigenvalue weighted by atomic mass is 15.3. The zero-order valence-corrected chi connectivity index (χ0v) is 11.5. The molecule has 18 heavy (non-hydrogen) atoms. The van der Waals surface area contributed by atoms with Gasteiger partial charge in [0.05, 0.1) is 11.2 Å². The molecule has 1 fully saturated rings. The molecule has 0 unspecified atom stereocenters. The number of likely N-dealkylation sites (tertiary alicyclic amines) is 1. The van der Waals surface area contributed by atoms with Crippen LogP contribution in [0.4, 0.5) is 0 Å². The topological polar surface area (TPSA) is 21.1 Å². The van der Waals surface area contributed by atoms with Crippen molar-refractivity contribution in [2.45, 2.75) is 25.7 Å². The Morgan fingerprint density at radius 2 is 1.89 bits per heavy atom. The van der Waals surface area contributed by atoms with Gasteiger partial charge in [0.25, 0.3) is 0 Å². The van der Waals surface area contributed by atoms with Gasteiger partial charge in [-0.15, -0.1) is 0 Å². The number of nitrogens with zero attached hydrogens (tertiary/aromatic N) is 3. The fourth-order valence-corrected chi connectivity index (χ4v) is 3.05. The van der Waals surface area contributed by atoms with Gasteiger partial charge in [-0.25, -0.2) is 0 Å². The maximum Gasteiger partial charge on any atom is 0.0682 e. The van der Waals surface area contributed by atoms with E-state index < -0.39 is 0 Å². The maximum absolute atomic E-state index is 4.50. The van der Waals surface area contributed by atoms with E-state index in [9.17, 15) is 0 Å². The molecule has 0 amide bonds. The van der Waals surface area contributed by atoms with E-state index in [1.165, 1.54) is 42.4 Å². The van der Waals surface area contributed by atoms with Crippen molar-refractivity contribution in [1.29, 1.82) is 0 Å². The maximum atomic E-state index is 4.50. The molecule has 2 aromatic rings. The summed E-state index contributed by atoms with van der Waals surface area (Å²) >= 11 is 0. The first-order valence-corrected chi connectivity index (χ1v) is 6.77. The fourth-order valence-electron chi connectivity index (χ4n) is 3.05. The Labute approximate surface area is 108 Å². The standard InChI is InChI=1S/C15H21N3/c1-11-14-10-13(4-5-15(14)18(3)16-11)12-6-8-17(2)9-7-12/h4-5,10,12H,6-9H2,1-3H3. The van der Waals surface area contributed by atoms with Crippen LogP contribution in [0.25, 0.3) is 10.9 Å². The van der Waals surface area contributed by atoms with Gasteiger partial charge in [0, 0.05) is 12.4 Å². The Kier molecular flexibility index (Phi) is 2.86. The molecule has 3 heteroatoms. The molecule has 0 radical (unpaired) electrons. The van der Waals surface area contributed by atoms with E-state index in [2.05, 4.69) is 42.2 Å². The lowest BCUT2D eigenvalue weighted by Gasteiger charge is -2.29. The largest absolute Gasteiger partial charge is 0.306 e. The summed E-state index contributed by atoms with van der Waals surface area (Å²) in [6, 6.07) is 6.87. The number of fused-ring (bicyclic) bond motifs is 1. The SMILES string of the molecule is Cc1nn(C)c2ccc(C3CCN(C)CC3)cc12. The van der Waals surface area contributed by atoms with Gasteiger partial charge in [-0.3, -0.25) is 4.68 Å². The molecule has 0 saturated carbocycles. The van der Waals surface area contributed by atoms with E-state index >= 15 is 0 Å². The first-order valence-electron chi connectivity index (χ1n) is 6.77. The summed E-state index contributed by atoms with van der Waals surface area (Å²) in [4.78, 5) is 2.42. The minimum absolute atomic E-state index is 0.727. The number of aromatic nitrogens is 2. The van der Waals surface area contributed by atoms with E-state index in [-0.39, 0.29) is 0 Å². The van der Waals surface area contributed by atoms with Crippen LogP contribution in [0.2, 0.25) is 0 Å². The minimum Gasteiger partial charge on any atom is -0.306 e. The second-order valence-corrected chi connectivity index (χ2v) is 5.56. The molecular formula is C15H21N3. The highest BCUT2D eigenvalue weighted by Crippen LogP contribution is 2.30. The lowest BCUT2D eigenvalue weighted by Crippen LogP contribution is -2.29. The van der Waals surface area contributed by atoms with Crippen molar-refractivity contribution < 1.29 is 0 Å². The zero-order valence-electron chi connectivity index (χ0n) is 11.5. The van der Waals surface area contributed by atoms with Crippen LogP contribution in [0.15, 0.2) is 18.2 Å². The Bertz CT molecular complexity index is 562. The molecule has 1 aliphatic rings. The molecule has 3 rings (SSSR count). The van der Waals surface area contributed by atoms with Crippen molar-refractivity contribution in [3.05, 3.63) is 29.5 Å². The summed E-state index contributed by atoms with van der Waals surface area (Å²) in [5.41, 5.74) is 3.87. The van der Waals surface area contributed by atoms with Gasteiger partial charge >= 0.3 is 0 Å². The second kappa shape index (κ2) is 4.39. The molecule has 1 aromatic carbocycles. The van der Waals surface area contributed by atoms with Crippen LogP contribution in [0.3, 0.4) is 0 Å². The third kappa shape index (κ3) is 1.93. The Morgan fingerprint density at radius 3 is 2.61 bits per heavy atom. The molecule has 1 aromatic heterocycles. The lowest BCUT2D eigenvalue weighted by molar-refractivity contribution is 0.255. The smallest absolute Gasteiger partial charge is 0.0682 e. The summed E-state index contributed by atoms with van der Waals surface area (Å²) in [6.07, 6.45) is 2.56. The number of aryl methyl sites for hydroxylation is 2. The third-order valence-corrected chi connectivity index (χ3v) is 4.25. The average molecular weight is 243 g/mol. The molecule has 0 bridgehead atoms. The van der Waals surface area contributed by atoms with Gasteiger partial charge in [0.2, 0.25) is 0 Å². The van der Waals surface area contributed by atoms with Crippen LogP contribution in [0.1, 0.15) is 30.0 Å². The Morgan fingerprint density at radius 1 is 1.17 bits per heavy atom. The predicted molar refractivity (Wildman–Crippen MR) is 74.9 cm³/mol. The molecule has 1 aliphatic heterocycles. The molecule has 96 valence electrons. The number of hydrogen-bond donors (Lipinski definition) is 0. The number of rotatable bonds is 1. The van der Waals surface area contributed by atoms with Crippen molar-refractivity contribution in [1.82, 2.24) is 14.7 Å². The molecule has 0 aliphatic carbocycles. The van der Waals surface area contributed by atoms with E-state index in [4.69, 9.17) is 0 Å². The van der Waals surface area contributed by atoms with E-state index in [0.29, 0.717) is 0 Å². The second-order valence-electron chi connectivity index (χ2n) is 5.56. The monoisotopic (exact) mass is 243 g/mol. The van der Waals surface area contributed by atoms with Gasteiger partial charge in [-0.1, -0.05) is 6.07 Å². The van der Waals surface area contributed by atoms with E-state index in [0.717, 1.165) is 11.6 Å². The third-order valence-electron chi connectivity index (χ3n) is 4.25. The molecule has 3 nitrogen and oxygen atoms in total. The summed E-state index contributed by atoms with van der Waals surface area (Å²) in [7, 11) is 4.23. The number of hydrogen-bond acceptors (Lipinski definition) is 2. The number of benzene rings is 1. The van der Waals surface area contributed by atoms with Crippen molar-refractivity contribution in [3.8, 4) is 0 Å². The summed E-state index contributed by atoms with van der Waals surface area (Å²) in [5.74, 6) is 0.727. The number of piperidine rings is 1. The van der Waals surface area contributed by atoms with Gasteiger partial charge in [0.15, 0.2) is 0 Å². The highest BCUT2D eigenvalue weighted by molar-refractivity contribution is 5.82. The van der Waals surface area contributed by atoms with Gasteiger partial charge in [0.1, 0.15) is 0 Å². The van der Waals surface area contributed by atoms with Crippen molar-refractivity contribution in [2.75, 3.05) is 20.1 Å². The van der Waals surface area contributed by atoms with Crippen molar-refractivity contribution in [2.24, 2.45) is 7.05 Å². The normalized spacial score (nSPS) is 18.6. The highest BCUT2D eigenvalue weighted by Gasteiger charge is 2.19. The van der Waals surface area contributed by atoms with Crippen LogP contribution >= 0.6 is 0 Å². The van der Waals surface area contributed by atoms with Crippen LogP contribution in [0, 0.1) is 6.92 Å². The molecule has 2 heterocycles. The molecule has 0 spiro atoms. The Balaban J connectivity index is 1.95. The van der Waals surface area contributed by atoms with Gasteiger partial charge in [-0.05, 0) is 63.5 Å². The van der Waals surface area contributed by atoms with Crippen LogP contribution in [-0.4, -0.2) is 34.8 Å². The lowest BCUT2D eigenvalue weighted by atomic mass is 9.89. The zero-order chi connectivity index (χ0) is 12.7. The van der Waals surface area contributed by atoms with Crippen LogP contribution in [0.5, 0.6) is 0 Å². The molecule has 0 atom stereocenters. The van der Waals surface area contributed by atoms with Crippen molar-refractivity contribution >= 4 is 10.9 Å². The average Bonchev–Trinajstić information content (AvgIpc) is 2.66. The fraction of sp³-hybridized carbons (Fsp3) is 0.533. The summed E-state index contributed by atoms with van der Waals surface area (Å²) < 4.78 is 1.98. The van der Waals surface area contributed by atoms with E-state index in [1.54, 1.807) is 0 Å². The summed E-state index contributed by atoms with van der Waals surface area (Å²) in [5, 5.41) is 5.81. The Hall–Kier alpha value is -1.35. The molecule has 0 N–H and O–H groups in total. The first kappa shape index (κ1) is 11.7. The van der Waals surface area contributed by atoms with Crippen LogP contribution < -0.4 is 0 Å².